The summed E-state index contributed by atoms with van der Waals surface area (Å²) < 4.78 is 28.1. The van der Waals surface area contributed by atoms with Crippen LogP contribution in [0.2, 0.25) is 0 Å². The Morgan fingerprint density at radius 2 is 2.06 bits per heavy atom. The second-order valence-electron chi connectivity index (χ2n) is 9.00. The van der Waals surface area contributed by atoms with E-state index >= 15 is 0 Å². The van der Waals surface area contributed by atoms with Crippen molar-refractivity contribution in [3.63, 3.8) is 0 Å². The van der Waals surface area contributed by atoms with E-state index in [4.69, 9.17) is 23.5 Å². The highest BCUT2D eigenvalue weighted by molar-refractivity contribution is 6.08. The summed E-state index contributed by atoms with van der Waals surface area (Å²) >= 11 is 0. The van der Waals surface area contributed by atoms with Gasteiger partial charge in [-0.2, -0.15) is 4.98 Å². The molecule has 1 aliphatic heterocycles. The fourth-order valence-electron chi connectivity index (χ4n) is 3.60. The zero-order valence-electron chi connectivity index (χ0n) is 20.5. The summed E-state index contributed by atoms with van der Waals surface area (Å²) in [5, 5.41) is 6.95. The van der Waals surface area contributed by atoms with Crippen LogP contribution in [-0.2, 0) is 0 Å². The van der Waals surface area contributed by atoms with E-state index in [1.165, 1.54) is 23.9 Å². The van der Waals surface area contributed by atoms with Gasteiger partial charge in [0.05, 0.1) is 25.9 Å². The Kier molecular flexibility index (Phi) is 6.79. The summed E-state index contributed by atoms with van der Waals surface area (Å²) in [4.78, 5) is 23.2. The molecule has 5 rings (SSSR count). The molecule has 1 saturated carbocycles. The monoisotopic (exact) mass is 495 g/mol. The minimum absolute atomic E-state index is 0.0632. The number of hydrogen-bond donors (Lipinski definition) is 1. The third-order valence-electron chi connectivity index (χ3n) is 5.88. The van der Waals surface area contributed by atoms with Gasteiger partial charge in [0.25, 0.3) is 5.91 Å². The highest BCUT2D eigenvalue weighted by Gasteiger charge is 2.29. The maximum absolute atomic E-state index is 13.1. The average molecular weight is 496 g/mol. The molecule has 0 unspecified atom stereocenters. The third-order valence-corrected chi connectivity index (χ3v) is 5.88. The molecule has 1 fully saturated rings. The molecule has 2 aromatic heterocycles. The summed E-state index contributed by atoms with van der Waals surface area (Å²) in [6.45, 7) is 5.49. The number of fused-ring (bicyclic) bond motifs is 1. The SMILES string of the molecule is COc1cc(N2COc3cc(OCC4CC4)ncc3C2=O)ccc1OCCNc1nc(C(C)C)no1. The van der Waals surface area contributed by atoms with Crippen molar-refractivity contribution in [3.05, 3.63) is 41.9 Å². The van der Waals surface area contributed by atoms with Gasteiger partial charge in [-0.3, -0.25) is 9.69 Å². The summed E-state index contributed by atoms with van der Waals surface area (Å²) in [6, 6.07) is 7.31. The normalized spacial score (nSPS) is 14.9. The van der Waals surface area contributed by atoms with Crippen LogP contribution in [0.4, 0.5) is 11.7 Å². The molecule has 0 saturated heterocycles. The number of amides is 1. The number of benzene rings is 1. The lowest BCUT2D eigenvalue weighted by Crippen LogP contribution is -2.38. The van der Waals surface area contributed by atoms with Crippen LogP contribution in [0.1, 0.15) is 48.8 Å². The lowest BCUT2D eigenvalue weighted by Gasteiger charge is -2.29. The Labute approximate surface area is 208 Å². The summed E-state index contributed by atoms with van der Waals surface area (Å²) in [7, 11) is 1.55. The minimum Gasteiger partial charge on any atom is -0.493 e. The van der Waals surface area contributed by atoms with Crippen molar-refractivity contribution >= 4 is 17.6 Å². The van der Waals surface area contributed by atoms with Crippen LogP contribution < -0.4 is 29.2 Å². The van der Waals surface area contributed by atoms with Gasteiger partial charge in [-0.25, -0.2) is 4.98 Å². The smallest absolute Gasteiger partial charge is 0.321 e. The molecule has 1 N–H and O–H groups in total. The number of anilines is 2. The molecule has 36 heavy (non-hydrogen) atoms. The number of hydrogen-bond acceptors (Lipinski definition) is 10. The molecule has 0 bridgehead atoms. The fourth-order valence-corrected chi connectivity index (χ4v) is 3.60. The second kappa shape index (κ2) is 10.3. The fraction of sp³-hybridized carbons (Fsp3) is 0.440. The molecule has 1 aromatic carbocycles. The van der Waals surface area contributed by atoms with E-state index in [0.29, 0.717) is 71.9 Å². The predicted molar refractivity (Wildman–Crippen MR) is 130 cm³/mol. The first-order valence-corrected chi connectivity index (χ1v) is 12.0. The van der Waals surface area contributed by atoms with Gasteiger partial charge in [0, 0.05) is 24.2 Å². The Morgan fingerprint density at radius 3 is 2.81 bits per heavy atom. The summed E-state index contributed by atoms with van der Waals surface area (Å²) in [6.07, 6.45) is 3.89. The maximum atomic E-state index is 13.1. The molecule has 2 aliphatic rings. The average Bonchev–Trinajstić information content (AvgIpc) is 3.60. The van der Waals surface area contributed by atoms with Crippen LogP contribution in [0.15, 0.2) is 35.0 Å². The first kappa shape index (κ1) is 23.7. The summed E-state index contributed by atoms with van der Waals surface area (Å²) in [5.74, 6) is 3.22. The maximum Gasteiger partial charge on any atom is 0.321 e. The molecule has 0 radical (unpaired) electrons. The Bertz CT molecular complexity index is 1230. The van der Waals surface area contributed by atoms with Crippen molar-refractivity contribution in [2.45, 2.75) is 32.6 Å². The van der Waals surface area contributed by atoms with E-state index in [9.17, 15) is 4.79 Å². The van der Waals surface area contributed by atoms with Gasteiger partial charge >= 0.3 is 6.01 Å². The van der Waals surface area contributed by atoms with Crippen LogP contribution in [0, 0.1) is 5.92 Å². The quantitative estimate of drug-likeness (QED) is 0.392. The molecular weight excluding hydrogens is 466 g/mol. The van der Waals surface area contributed by atoms with Gasteiger partial charge in [0.1, 0.15) is 17.9 Å². The standard InChI is InChI=1S/C25H29N5O6/c1-15(2)23-28-25(36-29-23)26-8-9-33-19-7-6-17(10-21(19)32-3)30-14-35-20-11-22(34-13-16-4-5-16)27-12-18(20)24(30)31/h6-7,10-12,15-16H,4-5,8-9,13-14H2,1-3H3,(H,26,28,29). The Hall–Kier alpha value is -4.02. The Morgan fingerprint density at radius 1 is 1.19 bits per heavy atom. The second-order valence-corrected chi connectivity index (χ2v) is 9.00. The van der Waals surface area contributed by atoms with E-state index in [2.05, 4.69) is 20.4 Å². The lowest BCUT2D eigenvalue weighted by atomic mass is 10.1. The largest absolute Gasteiger partial charge is 0.493 e. The van der Waals surface area contributed by atoms with Gasteiger partial charge in [-0.15, -0.1) is 0 Å². The zero-order valence-corrected chi connectivity index (χ0v) is 20.5. The van der Waals surface area contributed by atoms with Gasteiger partial charge in [-0.05, 0) is 30.9 Å². The van der Waals surface area contributed by atoms with E-state index in [-0.39, 0.29) is 18.6 Å². The third kappa shape index (κ3) is 5.29. The molecule has 11 nitrogen and oxygen atoms in total. The van der Waals surface area contributed by atoms with Gasteiger partial charge < -0.3 is 28.8 Å². The molecule has 0 atom stereocenters. The van der Waals surface area contributed by atoms with Crippen molar-refractivity contribution in [2.24, 2.45) is 5.92 Å². The van der Waals surface area contributed by atoms with Gasteiger partial charge in [-0.1, -0.05) is 19.0 Å². The molecule has 190 valence electrons. The van der Waals surface area contributed by atoms with Crippen molar-refractivity contribution in [1.29, 1.82) is 0 Å². The molecular formula is C25H29N5O6. The number of methoxy groups -OCH3 is 1. The van der Waals surface area contributed by atoms with Crippen LogP contribution in [-0.4, -0.2) is 54.6 Å². The molecule has 1 amide bonds. The highest BCUT2D eigenvalue weighted by atomic mass is 16.5. The molecule has 3 heterocycles. The number of carbonyl (C=O) groups excluding carboxylic acids is 1. The van der Waals surface area contributed by atoms with Crippen LogP contribution in [0.5, 0.6) is 23.1 Å². The first-order valence-electron chi connectivity index (χ1n) is 12.0. The van der Waals surface area contributed by atoms with Crippen molar-refractivity contribution in [1.82, 2.24) is 15.1 Å². The topological polar surface area (TPSA) is 121 Å². The number of rotatable bonds is 11. The predicted octanol–water partition coefficient (Wildman–Crippen LogP) is 3.87. The molecule has 11 heteroatoms. The van der Waals surface area contributed by atoms with Crippen LogP contribution in [0.3, 0.4) is 0 Å². The Balaban J connectivity index is 1.19. The molecule has 0 spiro atoms. The van der Waals surface area contributed by atoms with Crippen LogP contribution >= 0.6 is 0 Å². The number of carbonyl (C=O) groups is 1. The van der Waals surface area contributed by atoms with Crippen molar-refractivity contribution in [2.75, 3.05) is 43.8 Å². The number of aromatic nitrogens is 3. The number of pyridine rings is 1. The van der Waals surface area contributed by atoms with Gasteiger partial charge in [0.15, 0.2) is 24.1 Å². The van der Waals surface area contributed by atoms with Crippen molar-refractivity contribution < 1.29 is 28.3 Å². The van der Waals surface area contributed by atoms with Crippen LogP contribution in [0.25, 0.3) is 0 Å². The minimum atomic E-state index is -0.210. The summed E-state index contributed by atoms with van der Waals surface area (Å²) in [5.41, 5.74) is 1.00. The molecule has 3 aromatic rings. The first-order chi connectivity index (χ1) is 17.5. The molecule has 1 aliphatic carbocycles. The van der Waals surface area contributed by atoms with E-state index in [1.54, 1.807) is 31.4 Å². The number of nitrogens with zero attached hydrogens (tertiary/aromatic N) is 4. The highest BCUT2D eigenvalue weighted by Crippen LogP contribution is 2.36. The van der Waals surface area contributed by atoms with Crippen molar-refractivity contribution in [3.8, 4) is 23.1 Å². The lowest BCUT2D eigenvalue weighted by molar-refractivity contribution is 0.0936. The number of nitrogens with one attached hydrogen (secondary N) is 1. The number of ether oxygens (including phenoxy) is 4. The zero-order chi connectivity index (χ0) is 25.1. The van der Waals surface area contributed by atoms with E-state index in [1.807, 2.05) is 13.8 Å². The van der Waals surface area contributed by atoms with E-state index < -0.39 is 0 Å². The van der Waals surface area contributed by atoms with Gasteiger partial charge in [0.2, 0.25) is 5.88 Å². The van der Waals surface area contributed by atoms with E-state index in [0.717, 1.165) is 0 Å².